The van der Waals surface area contributed by atoms with Gasteiger partial charge in [0.1, 0.15) is 0 Å². The molecule has 2 rings (SSSR count). The van der Waals surface area contributed by atoms with Crippen molar-refractivity contribution in [1.82, 2.24) is 15.5 Å². The van der Waals surface area contributed by atoms with E-state index in [0.717, 1.165) is 25.6 Å². The second-order valence-electron chi connectivity index (χ2n) is 7.53. The van der Waals surface area contributed by atoms with E-state index in [-0.39, 0.29) is 24.6 Å². The van der Waals surface area contributed by atoms with Crippen LogP contribution in [0.25, 0.3) is 0 Å². The molecule has 1 aromatic carbocycles. The molecule has 0 aliphatic carbocycles. The van der Waals surface area contributed by atoms with Gasteiger partial charge in [-0.05, 0) is 49.3 Å². The first kappa shape index (κ1) is 19.7. The predicted molar refractivity (Wildman–Crippen MR) is 101 cm³/mol. The van der Waals surface area contributed by atoms with Crippen molar-refractivity contribution >= 4 is 6.03 Å². The van der Waals surface area contributed by atoms with Gasteiger partial charge in [0.05, 0.1) is 0 Å². The molecule has 0 saturated carbocycles. The molecule has 0 spiro atoms. The van der Waals surface area contributed by atoms with E-state index in [2.05, 4.69) is 40.7 Å². The fourth-order valence-electron chi connectivity index (χ4n) is 3.29. The maximum absolute atomic E-state index is 12.1. The van der Waals surface area contributed by atoms with Crippen LogP contribution in [0.1, 0.15) is 44.7 Å². The molecule has 2 amide bonds. The quantitative estimate of drug-likeness (QED) is 0.711. The molecule has 1 aliphatic heterocycles. The van der Waals surface area contributed by atoms with E-state index in [1.807, 2.05) is 19.9 Å². The maximum Gasteiger partial charge on any atom is 0.315 e. The number of aliphatic hydroxyl groups is 1. The van der Waals surface area contributed by atoms with Crippen LogP contribution in [0.4, 0.5) is 4.79 Å². The van der Waals surface area contributed by atoms with Crippen molar-refractivity contribution in [3.63, 3.8) is 0 Å². The van der Waals surface area contributed by atoms with Gasteiger partial charge in [0.25, 0.3) is 0 Å². The van der Waals surface area contributed by atoms with E-state index >= 15 is 0 Å². The second kappa shape index (κ2) is 9.78. The molecule has 0 aromatic heterocycles. The van der Waals surface area contributed by atoms with E-state index in [4.69, 9.17) is 5.11 Å². The molecule has 3 unspecified atom stereocenters. The van der Waals surface area contributed by atoms with Gasteiger partial charge in [-0.25, -0.2) is 4.79 Å². The van der Waals surface area contributed by atoms with Crippen molar-refractivity contribution in [2.24, 2.45) is 11.8 Å². The van der Waals surface area contributed by atoms with Gasteiger partial charge in [0.2, 0.25) is 0 Å². The molecular weight excluding hydrogens is 314 g/mol. The van der Waals surface area contributed by atoms with E-state index < -0.39 is 0 Å². The number of carbonyl (C=O) groups is 1. The van der Waals surface area contributed by atoms with Crippen LogP contribution in [-0.2, 0) is 13.1 Å². The molecule has 1 aliphatic rings. The SMILES string of the molecule is CC1CCCN(Cc2ccccc2CNC(=O)NC(C)C(C)CO)C1. The van der Waals surface area contributed by atoms with Crippen molar-refractivity contribution in [3.05, 3.63) is 35.4 Å². The third-order valence-electron chi connectivity index (χ3n) is 5.19. The summed E-state index contributed by atoms with van der Waals surface area (Å²) in [6.07, 6.45) is 2.59. The zero-order chi connectivity index (χ0) is 18.2. The van der Waals surface area contributed by atoms with Crippen molar-refractivity contribution in [2.45, 2.75) is 52.7 Å². The van der Waals surface area contributed by atoms with Crippen LogP contribution >= 0.6 is 0 Å². The Morgan fingerprint density at radius 2 is 2.04 bits per heavy atom. The number of rotatable bonds is 7. The Bertz CT molecular complexity index is 549. The standard InChI is InChI=1S/C20H33N3O2/c1-15-7-6-10-23(12-15)13-19-9-5-4-8-18(19)11-21-20(25)22-17(3)16(2)14-24/h4-5,8-9,15-17,24H,6-7,10-14H2,1-3H3,(H2,21,22,25). The topological polar surface area (TPSA) is 64.6 Å². The monoisotopic (exact) mass is 347 g/mol. The highest BCUT2D eigenvalue weighted by molar-refractivity contribution is 5.74. The van der Waals surface area contributed by atoms with Crippen LogP contribution in [-0.4, -0.2) is 41.8 Å². The molecule has 0 bridgehead atoms. The number of urea groups is 1. The third-order valence-corrected chi connectivity index (χ3v) is 5.19. The van der Waals surface area contributed by atoms with Gasteiger partial charge in [0.15, 0.2) is 0 Å². The van der Waals surface area contributed by atoms with Crippen LogP contribution in [0.15, 0.2) is 24.3 Å². The maximum atomic E-state index is 12.1. The summed E-state index contributed by atoms with van der Waals surface area (Å²) in [7, 11) is 0. The number of carbonyl (C=O) groups excluding carboxylic acids is 1. The van der Waals surface area contributed by atoms with Crippen molar-refractivity contribution in [3.8, 4) is 0 Å². The highest BCUT2D eigenvalue weighted by Gasteiger charge is 2.18. The smallest absolute Gasteiger partial charge is 0.315 e. The summed E-state index contributed by atoms with van der Waals surface area (Å²) in [5, 5.41) is 15.0. The second-order valence-corrected chi connectivity index (χ2v) is 7.53. The van der Waals surface area contributed by atoms with Crippen LogP contribution in [0.5, 0.6) is 0 Å². The molecule has 0 radical (unpaired) electrons. The number of hydrogen-bond donors (Lipinski definition) is 3. The van der Waals surface area contributed by atoms with Crippen LogP contribution in [0, 0.1) is 11.8 Å². The molecule has 5 heteroatoms. The van der Waals surface area contributed by atoms with E-state index in [1.165, 1.54) is 24.0 Å². The van der Waals surface area contributed by atoms with Gasteiger partial charge in [0, 0.05) is 32.3 Å². The minimum absolute atomic E-state index is 0.0409. The summed E-state index contributed by atoms with van der Waals surface area (Å²) in [4.78, 5) is 14.6. The number of nitrogens with one attached hydrogen (secondary N) is 2. The Balaban J connectivity index is 1.88. The lowest BCUT2D eigenvalue weighted by atomic mass is 9.99. The highest BCUT2D eigenvalue weighted by Crippen LogP contribution is 2.19. The van der Waals surface area contributed by atoms with Gasteiger partial charge in [-0.15, -0.1) is 0 Å². The lowest BCUT2D eigenvalue weighted by Gasteiger charge is -2.31. The van der Waals surface area contributed by atoms with Gasteiger partial charge in [-0.3, -0.25) is 4.90 Å². The zero-order valence-electron chi connectivity index (χ0n) is 15.8. The first-order chi connectivity index (χ1) is 12.0. The summed E-state index contributed by atoms with van der Waals surface area (Å²) < 4.78 is 0. The van der Waals surface area contributed by atoms with Crippen molar-refractivity contribution in [1.29, 1.82) is 0 Å². The Morgan fingerprint density at radius 1 is 1.32 bits per heavy atom. The van der Waals surface area contributed by atoms with Gasteiger partial charge < -0.3 is 15.7 Å². The molecule has 1 saturated heterocycles. The van der Waals surface area contributed by atoms with Crippen LogP contribution in [0.2, 0.25) is 0 Å². The number of aliphatic hydroxyl groups excluding tert-OH is 1. The minimum atomic E-state index is -0.186. The number of nitrogens with zero attached hydrogens (tertiary/aromatic N) is 1. The fourth-order valence-corrected chi connectivity index (χ4v) is 3.29. The predicted octanol–water partition coefficient (Wildman–Crippen LogP) is 2.73. The summed E-state index contributed by atoms with van der Waals surface area (Å²) >= 11 is 0. The average molecular weight is 348 g/mol. The Morgan fingerprint density at radius 3 is 2.72 bits per heavy atom. The molecule has 25 heavy (non-hydrogen) atoms. The average Bonchev–Trinajstić information content (AvgIpc) is 2.60. The summed E-state index contributed by atoms with van der Waals surface area (Å²) in [6, 6.07) is 8.09. The first-order valence-electron chi connectivity index (χ1n) is 9.44. The van der Waals surface area contributed by atoms with Gasteiger partial charge in [-0.2, -0.15) is 0 Å². The van der Waals surface area contributed by atoms with E-state index in [0.29, 0.717) is 6.54 Å². The number of likely N-dealkylation sites (tertiary alicyclic amines) is 1. The largest absolute Gasteiger partial charge is 0.396 e. The molecule has 140 valence electrons. The Labute approximate surface area is 151 Å². The summed E-state index contributed by atoms with van der Waals surface area (Å²) in [6.45, 7) is 9.98. The molecular formula is C20H33N3O2. The van der Waals surface area contributed by atoms with E-state index in [1.54, 1.807) is 0 Å². The third kappa shape index (κ3) is 6.33. The lowest BCUT2D eigenvalue weighted by Crippen LogP contribution is -2.44. The van der Waals surface area contributed by atoms with Crippen molar-refractivity contribution < 1.29 is 9.90 Å². The molecule has 5 nitrogen and oxygen atoms in total. The minimum Gasteiger partial charge on any atom is -0.396 e. The number of benzene rings is 1. The molecule has 3 N–H and O–H groups in total. The van der Waals surface area contributed by atoms with Gasteiger partial charge >= 0.3 is 6.03 Å². The molecule has 1 fully saturated rings. The van der Waals surface area contributed by atoms with Crippen molar-refractivity contribution in [2.75, 3.05) is 19.7 Å². The lowest BCUT2D eigenvalue weighted by molar-refractivity contribution is 0.176. The Hall–Kier alpha value is -1.59. The fraction of sp³-hybridized carbons (Fsp3) is 0.650. The Kier molecular flexibility index (Phi) is 7.72. The number of hydrogen-bond acceptors (Lipinski definition) is 3. The number of amides is 2. The zero-order valence-corrected chi connectivity index (χ0v) is 15.8. The molecule has 3 atom stereocenters. The molecule has 1 heterocycles. The van der Waals surface area contributed by atoms with Crippen LogP contribution < -0.4 is 10.6 Å². The molecule has 1 aromatic rings. The normalized spacial score (nSPS) is 20.7. The summed E-state index contributed by atoms with van der Waals surface area (Å²) in [5.74, 6) is 0.805. The first-order valence-corrected chi connectivity index (χ1v) is 9.44. The highest BCUT2D eigenvalue weighted by atomic mass is 16.3. The summed E-state index contributed by atoms with van der Waals surface area (Å²) in [5.41, 5.74) is 2.45. The number of piperidine rings is 1. The van der Waals surface area contributed by atoms with Gasteiger partial charge in [-0.1, -0.05) is 38.1 Å². The van der Waals surface area contributed by atoms with Crippen LogP contribution in [0.3, 0.4) is 0 Å². The van der Waals surface area contributed by atoms with E-state index in [9.17, 15) is 4.79 Å².